The largest absolute Gasteiger partial charge is 0.390 e. The third-order valence-corrected chi connectivity index (χ3v) is 2.70. The molecular formula is C10H20O2. The molecule has 0 radical (unpaired) electrons. The first-order chi connectivity index (χ1) is 5.45. The molecule has 0 aromatic carbocycles. The lowest BCUT2D eigenvalue weighted by Gasteiger charge is -2.27. The van der Waals surface area contributed by atoms with E-state index in [-0.39, 0.29) is 11.7 Å². The molecule has 0 spiro atoms. The molecule has 0 bridgehead atoms. The zero-order valence-corrected chi connectivity index (χ0v) is 8.55. The maximum absolute atomic E-state index is 10.9. The summed E-state index contributed by atoms with van der Waals surface area (Å²) in [6.45, 7) is 7.36. The van der Waals surface area contributed by atoms with E-state index in [4.69, 9.17) is 0 Å². The SMILES string of the molecule is CCC(O)(CC)CC(C)C(C)=O. The van der Waals surface area contributed by atoms with Crippen molar-refractivity contribution < 1.29 is 9.90 Å². The Hall–Kier alpha value is -0.370. The molecule has 0 saturated heterocycles. The van der Waals surface area contributed by atoms with Crippen molar-refractivity contribution in [2.75, 3.05) is 0 Å². The number of hydrogen-bond donors (Lipinski definition) is 1. The monoisotopic (exact) mass is 172 g/mol. The van der Waals surface area contributed by atoms with Gasteiger partial charge in [-0.05, 0) is 26.2 Å². The lowest BCUT2D eigenvalue weighted by molar-refractivity contribution is -0.122. The Kier molecular flexibility index (Phi) is 4.46. The Bertz CT molecular complexity index is 148. The van der Waals surface area contributed by atoms with Crippen LogP contribution < -0.4 is 0 Å². The lowest BCUT2D eigenvalue weighted by Crippen LogP contribution is -2.30. The Morgan fingerprint density at radius 2 is 1.83 bits per heavy atom. The van der Waals surface area contributed by atoms with Crippen LogP contribution in [0.1, 0.15) is 47.0 Å². The Morgan fingerprint density at radius 3 is 2.08 bits per heavy atom. The first kappa shape index (κ1) is 11.6. The highest BCUT2D eigenvalue weighted by Crippen LogP contribution is 2.24. The van der Waals surface area contributed by atoms with Crippen molar-refractivity contribution in [1.29, 1.82) is 0 Å². The van der Waals surface area contributed by atoms with Gasteiger partial charge < -0.3 is 5.11 Å². The normalized spacial score (nSPS) is 14.4. The number of carbonyl (C=O) groups is 1. The van der Waals surface area contributed by atoms with Gasteiger partial charge in [-0.25, -0.2) is 0 Å². The van der Waals surface area contributed by atoms with Crippen LogP contribution in [-0.4, -0.2) is 16.5 Å². The van der Waals surface area contributed by atoms with E-state index in [1.165, 1.54) is 0 Å². The third kappa shape index (κ3) is 3.35. The van der Waals surface area contributed by atoms with Crippen LogP contribution in [0.3, 0.4) is 0 Å². The zero-order chi connectivity index (χ0) is 9.78. The molecule has 2 heteroatoms. The van der Waals surface area contributed by atoms with Crippen molar-refractivity contribution in [3.8, 4) is 0 Å². The summed E-state index contributed by atoms with van der Waals surface area (Å²) < 4.78 is 0. The minimum Gasteiger partial charge on any atom is -0.390 e. The van der Waals surface area contributed by atoms with Gasteiger partial charge >= 0.3 is 0 Å². The smallest absolute Gasteiger partial charge is 0.132 e. The van der Waals surface area contributed by atoms with Crippen LogP contribution in [0, 0.1) is 5.92 Å². The highest BCUT2D eigenvalue weighted by Gasteiger charge is 2.26. The van der Waals surface area contributed by atoms with Crippen molar-refractivity contribution in [1.82, 2.24) is 0 Å². The van der Waals surface area contributed by atoms with Crippen molar-refractivity contribution in [3.63, 3.8) is 0 Å². The van der Waals surface area contributed by atoms with Crippen LogP contribution in [0.5, 0.6) is 0 Å². The van der Waals surface area contributed by atoms with Crippen LogP contribution in [0.2, 0.25) is 0 Å². The van der Waals surface area contributed by atoms with Gasteiger partial charge in [0.1, 0.15) is 5.78 Å². The number of hydrogen-bond acceptors (Lipinski definition) is 2. The van der Waals surface area contributed by atoms with E-state index in [1.54, 1.807) is 6.92 Å². The second-order valence-corrected chi connectivity index (χ2v) is 3.65. The van der Waals surface area contributed by atoms with Crippen molar-refractivity contribution >= 4 is 5.78 Å². The summed E-state index contributed by atoms with van der Waals surface area (Å²) in [6, 6.07) is 0. The highest BCUT2D eigenvalue weighted by molar-refractivity contribution is 5.77. The molecule has 1 N–H and O–H groups in total. The van der Waals surface area contributed by atoms with Crippen LogP contribution in [0.15, 0.2) is 0 Å². The van der Waals surface area contributed by atoms with Crippen molar-refractivity contribution in [3.05, 3.63) is 0 Å². The second-order valence-electron chi connectivity index (χ2n) is 3.65. The van der Waals surface area contributed by atoms with Gasteiger partial charge in [0.15, 0.2) is 0 Å². The van der Waals surface area contributed by atoms with E-state index >= 15 is 0 Å². The standard InChI is InChI=1S/C10H20O2/c1-5-10(12,6-2)7-8(3)9(4)11/h8,12H,5-7H2,1-4H3. The van der Waals surface area contributed by atoms with Crippen LogP contribution in [0.25, 0.3) is 0 Å². The predicted molar refractivity (Wildman–Crippen MR) is 50.0 cm³/mol. The maximum Gasteiger partial charge on any atom is 0.132 e. The molecule has 0 saturated carbocycles. The molecule has 72 valence electrons. The average Bonchev–Trinajstić information content (AvgIpc) is 2.04. The van der Waals surface area contributed by atoms with E-state index in [2.05, 4.69) is 0 Å². The third-order valence-electron chi connectivity index (χ3n) is 2.70. The van der Waals surface area contributed by atoms with Gasteiger partial charge in [0.25, 0.3) is 0 Å². The molecule has 1 atom stereocenters. The summed E-state index contributed by atoms with van der Waals surface area (Å²) >= 11 is 0. The fourth-order valence-electron chi connectivity index (χ4n) is 1.25. The second kappa shape index (κ2) is 4.61. The van der Waals surface area contributed by atoms with Crippen LogP contribution >= 0.6 is 0 Å². The summed E-state index contributed by atoms with van der Waals surface area (Å²) in [5.74, 6) is 0.144. The summed E-state index contributed by atoms with van der Waals surface area (Å²) in [7, 11) is 0. The number of ketones is 1. The van der Waals surface area contributed by atoms with Gasteiger partial charge in [-0.2, -0.15) is 0 Å². The Morgan fingerprint density at radius 1 is 1.42 bits per heavy atom. The van der Waals surface area contributed by atoms with E-state index in [9.17, 15) is 9.90 Å². The molecule has 0 aliphatic rings. The van der Waals surface area contributed by atoms with E-state index in [1.807, 2.05) is 20.8 Å². The fourth-order valence-corrected chi connectivity index (χ4v) is 1.25. The number of aliphatic hydroxyl groups is 1. The van der Waals surface area contributed by atoms with E-state index < -0.39 is 5.60 Å². The molecule has 0 heterocycles. The van der Waals surface area contributed by atoms with Gasteiger partial charge in [0, 0.05) is 5.92 Å². The predicted octanol–water partition coefficient (Wildman–Crippen LogP) is 2.15. The van der Waals surface area contributed by atoms with Crippen LogP contribution in [0.4, 0.5) is 0 Å². The molecule has 0 aliphatic carbocycles. The first-order valence-corrected chi connectivity index (χ1v) is 4.68. The van der Waals surface area contributed by atoms with E-state index in [0.717, 1.165) is 12.8 Å². The average molecular weight is 172 g/mol. The Labute approximate surface area is 75.0 Å². The highest BCUT2D eigenvalue weighted by atomic mass is 16.3. The minimum absolute atomic E-state index is 0.0186. The molecular weight excluding hydrogens is 152 g/mol. The molecule has 0 amide bonds. The minimum atomic E-state index is -0.634. The van der Waals surface area contributed by atoms with Gasteiger partial charge in [0.05, 0.1) is 5.60 Å². The zero-order valence-electron chi connectivity index (χ0n) is 8.55. The molecule has 1 unspecified atom stereocenters. The molecule has 0 fully saturated rings. The van der Waals surface area contributed by atoms with Crippen molar-refractivity contribution in [2.45, 2.75) is 52.6 Å². The van der Waals surface area contributed by atoms with Gasteiger partial charge in [-0.15, -0.1) is 0 Å². The summed E-state index contributed by atoms with van der Waals surface area (Å²) in [4.78, 5) is 10.9. The lowest BCUT2D eigenvalue weighted by atomic mass is 9.85. The number of rotatable bonds is 5. The summed E-state index contributed by atoms with van der Waals surface area (Å²) in [6.07, 6.45) is 2.04. The molecule has 2 nitrogen and oxygen atoms in total. The summed E-state index contributed by atoms with van der Waals surface area (Å²) in [5, 5.41) is 9.90. The van der Waals surface area contributed by atoms with Gasteiger partial charge in [-0.1, -0.05) is 20.8 Å². The fraction of sp³-hybridized carbons (Fsp3) is 0.900. The van der Waals surface area contributed by atoms with Crippen LogP contribution in [-0.2, 0) is 4.79 Å². The first-order valence-electron chi connectivity index (χ1n) is 4.68. The topological polar surface area (TPSA) is 37.3 Å². The van der Waals surface area contributed by atoms with Gasteiger partial charge in [0.2, 0.25) is 0 Å². The molecule has 12 heavy (non-hydrogen) atoms. The quantitative estimate of drug-likeness (QED) is 0.690. The molecule has 0 aromatic rings. The van der Waals surface area contributed by atoms with Gasteiger partial charge in [-0.3, -0.25) is 4.79 Å². The number of carbonyl (C=O) groups excluding carboxylic acids is 1. The molecule has 0 aromatic heterocycles. The molecule has 0 rings (SSSR count). The van der Waals surface area contributed by atoms with Crippen molar-refractivity contribution in [2.24, 2.45) is 5.92 Å². The number of Topliss-reactive ketones (excluding diaryl/α,β-unsaturated/α-hetero) is 1. The molecule has 0 aliphatic heterocycles. The Balaban J connectivity index is 4.11. The van der Waals surface area contributed by atoms with E-state index in [0.29, 0.717) is 6.42 Å². The summed E-state index contributed by atoms with van der Waals surface area (Å²) in [5.41, 5.74) is -0.634. The maximum atomic E-state index is 10.9.